The van der Waals surface area contributed by atoms with Crippen LogP contribution in [0.25, 0.3) is 10.9 Å². The highest BCUT2D eigenvalue weighted by Gasteiger charge is 2.04. The Morgan fingerprint density at radius 3 is 3.07 bits per heavy atom. The first kappa shape index (κ1) is 9.58. The van der Waals surface area contributed by atoms with Gasteiger partial charge >= 0.3 is 6.09 Å². The molecule has 2 N–H and O–H groups in total. The summed E-state index contributed by atoms with van der Waals surface area (Å²) >= 11 is 0. The fourth-order valence-corrected chi connectivity index (χ4v) is 1.52. The van der Waals surface area contributed by atoms with Gasteiger partial charge in [0.05, 0.1) is 7.11 Å². The lowest BCUT2D eigenvalue weighted by atomic mass is 10.2. The Balaban J connectivity index is 2.18. The van der Waals surface area contributed by atoms with Crippen molar-refractivity contribution in [2.75, 3.05) is 7.11 Å². The molecule has 2 rings (SSSR count). The van der Waals surface area contributed by atoms with Crippen LogP contribution >= 0.6 is 0 Å². The number of ether oxygens (including phenoxy) is 1. The predicted molar refractivity (Wildman–Crippen MR) is 57.5 cm³/mol. The fraction of sp³-hybridized carbons (Fsp3) is 0.182. The number of methoxy groups -OCH3 is 1. The zero-order valence-corrected chi connectivity index (χ0v) is 8.41. The van der Waals surface area contributed by atoms with Crippen molar-refractivity contribution in [2.24, 2.45) is 0 Å². The molecule has 0 aliphatic carbocycles. The van der Waals surface area contributed by atoms with Crippen LogP contribution in [0.5, 0.6) is 0 Å². The van der Waals surface area contributed by atoms with E-state index in [2.05, 4.69) is 15.0 Å². The van der Waals surface area contributed by atoms with Gasteiger partial charge in [-0.25, -0.2) is 4.79 Å². The summed E-state index contributed by atoms with van der Waals surface area (Å²) in [5.41, 5.74) is 2.12. The second kappa shape index (κ2) is 4.04. The lowest BCUT2D eigenvalue weighted by Crippen LogP contribution is -2.22. The maximum atomic E-state index is 10.9. The first-order valence-corrected chi connectivity index (χ1v) is 4.68. The zero-order valence-electron chi connectivity index (χ0n) is 8.41. The molecule has 0 aliphatic heterocycles. The standard InChI is InChI=1S/C11H12N2O2/c1-15-11(14)13-7-8-6-12-10-5-3-2-4-9(8)10/h2-6,12H,7H2,1H3,(H,13,14). The average Bonchev–Trinajstić information content (AvgIpc) is 2.69. The van der Waals surface area contributed by atoms with E-state index in [1.165, 1.54) is 7.11 Å². The third-order valence-corrected chi connectivity index (χ3v) is 2.28. The van der Waals surface area contributed by atoms with Crippen LogP contribution in [0.2, 0.25) is 0 Å². The molecule has 0 spiro atoms. The molecule has 0 bridgehead atoms. The molecule has 0 radical (unpaired) electrons. The van der Waals surface area contributed by atoms with Crippen LogP contribution in [0, 0.1) is 0 Å². The number of benzene rings is 1. The number of carbonyl (C=O) groups is 1. The number of alkyl carbamates (subject to hydrolysis) is 1. The minimum Gasteiger partial charge on any atom is -0.453 e. The number of nitrogens with one attached hydrogen (secondary N) is 2. The summed E-state index contributed by atoms with van der Waals surface area (Å²) in [7, 11) is 1.35. The van der Waals surface area contributed by atoms with Gasteiger partial charge in [0.25, 0.3) is 0 Å². The predicted octanol–water partition coefficient (Wildman–Crippen LogP) is 2.02. The molecule has 4 heteroatoms. The van der Waals surface area contributed by atoms with Gasteiger partial charge in [-0.3, -0.25) is 0 Å². The summed E-state index contributed by atoms with van der Waals surface area (Å²) in [4.78, 5) is 14.0. The van der Waals surface area contributed by atoms with Crippen LogP contribution in [-0.4, -0.2) is 18.2 Å². The number of carbonyl (C=O) groups excluding carboxylic acids is 1. The number of aromatic nitrogens is 1. The molecular formula is C11H12N2O2. The number of para-hydroxylation sites is 1. The molecule has 1 heterocycles. The van der Waals surface area contributed by atoms with E-state index < -0.39 is 6.09 Å². The van der Waals surface area contributed by atoms with Crippen LogP contribution in [0.4, 0.5) is 4.79 Å². The number of amides is 1. The van der Waals surface area contributed by atoms with Crippen molar-refractivity contribution in [1.29, 1.82) is 0 Å². The van der Waals surface area contributed by atoms with E-state index in [1.807, 2.05) is 30.5 Å². The van der Waals surface area contributed by atoms with Crippen molar-refractivity contribution in [2.45, 2.75) is 6.54 Å². The number of fused-ring (bicyclic) bond motifs is 1. The molecule has 1 amide bonds. The Morgan fingerprint density at radius 2 is 2.27 bits per heavy atom. The van der Waals surface area contributed by atoms with Crippen molar-refractivity contribution >= 4 is 17.0 Å². The second-order valence-corrected chi connectivity index (χ2v) is 3.20. The summed E-state index contributed by atoms with van der Waals surface area (Å²) < 4.78 is 4.50. The number of hydrogen-bond donors (Lipinski definition) is 2. The first-order chi connectivity index (χ1) is 7.31. The van der Waals surface area contributed by atoms with Gasteiger partial charge in [-0.2, -0.15) is 0 Å². The van der Waals surface area contributed by atoms with Gasteiger partial charge < -0.3 is 15.0 Å². The van der Waals surface area contributed by atoms with E-state index in [0.29, 0.717) is 6.54 Å². The lowest BCUT2D eigenvalue weighted by Gasteiger charge is -2.01. The third-order valence-electron chi connectivity index (χ3n) is 2.28. The van der Waals surface area contributed by atoms with Crippen molar-refractivity contribution in [1.82, 2.24) is 10.3 Å². The summed E-state index contributed by atoms with van der Waals surface area (Å²) in [6, 6.07) is 7.95. The fourth-order valence-electron chi connectivity index (χ4n) is 1.52. The van der Waals surface area contributed by atoms with Crippen LogP contribution in [0.1, 0.15) is 5.56 Å². The van der Waals surface area contributed by atoms with E-state index in [4.69, 9.17) is 0 Å². The topological polar surface area (TPSA) is 54.1 Å². The molecule has 0 saturated heterocycles. The quantitative estimate of drug-likeness (QED) is 0.786. The largest absolute Gasteiger partial charge is 0.453 e. The molecule has 1 aromatic carbocycles. The zero-order chi connectivity index (χ0) is 10.7. The molecule has 0 saturated carbocycles. The monoisotopic (exact) mass is 204 g/mol. The van der Waals surface area contributed by atoms with Gasteiger partial charge in [0, 0.05) is 23.6 Å². The Morgan fingerprint density at radius 1 is 1.47 bits per heavy atom. The number of hydrogen-bond acceptors (Lipinski definition) is 2. The minimum absolute atomic E-state index is 0.416. The molecule has 2 aromatic rings. The third kappa shape index (κ3) is 1.93. The van der Waals surface area contributed by atoms with E-state index in [1.54, 1.807) is 0 Å². The molecule has 0 aliphatic rings. The van der Waals surface area contributed by atoms with Crippen LogP contribution in [0.3, 0.4) is 0 Å². The SMILES string of the molecule is COC(=O)NCc1c[nH]c2ccccc12. The smallest absolute Gasteiger partial charge is 0.407 e. The molecule has 0 unspecified atom stereocenters. The Hall–Kier alpha value is -1.97. The molecule has 15 heavy (non-hydrogen) atoms. The normalized spacial score (nSPS) is 10.2. The van der Waals surface area contributed by atoms with Crippen LogP contribution in [-0.2, 0) is 11.3 Å². The second-order valence-electron chi connectivity index (χ2n) is 3.20. The Labute approximate surface area is 87.2 Å². The van der Waals surface area contributed by atoms with Gasteiger partial charge in [-0.1, -0.05) is 18.2 Å². The van der Waals surface area contributed by atoms with Gasteiger partial charge in [0.2, 0.25) is 0 Å². The van der Waals surface area contributed by atoms with Crippen LogP contribution < -0.4 is 5.32 Å². The maximum Gasteiger partial charge on any atom is 0.407 e. The summed E-state index contributed by atoms with van der Waals surface area (Å²) in [5, 5.41) is 3.77. The number of H-pyrrole nitrogens is 1. The van der Waals surface area contributed by atoms with E-state index in [-0.39, 0.29) is 0 Å². The van der Waals surface area contributed by atoms with E-state index >= 15 is 0 Å². The number of rotatable bonds is 2. The molecule has 78 valence electrons. The van der Waals surface area contributed by atoms with Crippen molar-refractivity contribution in [3.8, 4) is 0 Å². The Bertz CT molecular complexity index is 476. The molecule has 1 aromatic heterocycles. The highest BCUT2D eigenvalue weighted by molar-refractivity contribution is 5.83. The molecule has 0 atom stereocenters. The van der Waals surface area contributed by atoms with Crippen molar-refractivity contribution in [3.05, 3.63) is 36.0 Å². The van der Waals surface area contributed by atoms with E-state index in [9.17, 15) is 4.79 Å². The summed E-state index contributed by atoms with van der Waals surface area (Å²) in [5.74, 6) is 0. The van der Waals surface area contributed by atoms with E-state index in [0.717, 1.165) is 16.5 Å². The maximum absolute atomic E-state index is 10.9. The van der Waals surface area contributed by atoms with Crippen molar-refractivity contribution in [3.63, 3.8) is 0 Å². The molecular weight excluding hydrogens is 192 g/mol. The van der Waals surface area contributed by atoms with Gasteiger partial charge in [0.1, 0.15) is 0 Å². The molecule has 4 nitrogen and oxygen atoms in total. The molecule has 0 fully saturated rings. The highest BCUT2D eigenvalue weighted by Crippen LogP contribution is 2.17. The van der Waals surface area contributed by atoms with Gasteiger partial charge in [-0.15, -0.1) is 0 Å². The minimum atomic E-state index is -0.416. The Kier molecular flexibility index (Phi) is 2.58. The average molecular weight is 204 g/mol. The van der Waals surface area contributed by atoms with Gasteiger partial charge in [0.15, 0.2) is 0 Å². The highest BCUT2D eigenvalue weighted by atomic mass is 16.5. The van der Waals surface area contributed by atoms with Gasteiger partial charge in [-0.05, 0) is 11.6 Å². The summed E-state index contributed by atoms with van der Waals surface area (Å²) in [6.45, 7) is 0.469. The lowest BCUT2D eigenvalue weighted by molar-refractivity contribution is 0.170. The van der Waals surface area contributed by atoms with Crippen LogP contribution in [0.15, 0.2) is 30.5 Å². The van der Waals surface area contributed by atoms with Crippen molar-refractivity contribution < 1.29 is 9.53 Å². The summed E-state index contributed by atoms with van der Waals surface area (Å²) in [6.07, 6.45) is 1.47. The number of aromatic amines is 1. The first-order valence-electron chi connectivity index (χ1n) is 4.68.